The van der Waals surface area contributed by atoms with E-state index in [1.165, 1.54) is 12.1 Å². The molecule has 0 bridgehead atoms. The van der Waals surface area contributed by atoms with Gasteiger partial charge in [-0.2, -0.15) is 0 Å². The van der Waals surface area contributed by atoms with Crippen LogP contribution < -0.4 is 0 Å². The summed E-state index contributed by atoms with van der Waals surface area (Å²) in [5, 5.41) is 0. The lowest BCUT2D eigenvalue weighted by Crippen LogP contribution is -2.30. The van der Waals surface area contributed by atoms with Gasteiger partial charge in [-0.25, -0.2) is 14.4 Å². The highest BCUT2D eigenvalue weighted by Crippen LogP contribution is 2.24. The molecular weight excluding hydrogens is 269 g/mol. The van der Waals surface area contributed by atoms with Gasteiger partial charge in [-0.1, -0.05) is 12.1 Å². The van der Waals surface area contributed by atoms with Crippen LogP contribution in [-0.2, 0) is 4.74 Å². The molecule has 2 aromatic rings. The molecule has 0 fully saturated rings. The highest BCUT2D eigenvalue weighted by atomic mass is 19.1. The van der Waals surface area contributed by atoms with Gasteiger partial charge in [0.2, 0.25) is 0 Å². The van der Waals surface area contributed by atoms with E-state index in [9.17, 15) is 4.39 Å². The summed E-state index contributed by atoms with van der Waals surface area (Å²) in [7, 11) is 1.99. The summed E-state index contributed by atoms with van der Waals surface area (Å²) in [6.45, 7) is 4.04. The second-order valence-corrected chi connectivity index (χ2v) is 4.74. The lowest BCUT2D eigenvalue weighted by atomic mass is 10.0. The van der Waals surface area contributed by atoms with Crippen LogP contribution >= 0.6 is 0 Å². The summed E-state index contributed by atoms with van der Waals surface area (Å²) >= 11 is 0. The molecule has 0 radical (unpaired) electrons. The van der Waals surface area contributed by atoms with Crippen molar-refractivity contribution in [3.8, 4) is 0 Å². The molecule has 0 N–H and O–H groups in total. The van der Waals surface area contributed by atoms with Gasteiger partial charge in [0.25, 0.3) is 0 Å². The Hall–Kier alpha value is -1.85. The largest absolute Gasteiger partial charge is 0.380 e. The van der Waals surface area contributed by atoms with Gasteiger partial charge in [-0.15, -0.1) is 0 Å². The Morgan fingerprint density at radius 2 is 1.86 bits per heavy atom. The molecule has 0 saturated heterocycles. The first-order chi connectivity index (χ1) is 10.2. The third-order valence-corrected chi connectivity index (χ3v) is 3.25. The van der Waals surface area contributed by atoms with Crippen molar-refractivity contribution < 1.29 is 9.13 Å². The topological polar surface area (TPSA) is 38.2 Å². The van der Waals surface area contributed by atoms with Crippen LogP contribution in [0.2, 0.25) is 0 Å². The number of halogens is 1. The molecule has 0 aliphatic rings. The Kier molecular flexibility index (Phi) is 5.78. The molecule has 1 heterocycles. The number of benzene rings is 1. The Morgan fingerprint density at radius 3 is 2.48 bits per heavy atom. The van der Waals surface area contributed by atoms with Crippen molar-refractivity contribution in [2.24, 2.45) is 0 Å². The lowest BCUT2D eigenvalue weighted by molar-refractivity contribution is 0.112. The normalized spacial score (nSPS) is 12.6. The number of rotatable bonds is 7. The van der Waals surface area contributed by atoms with Gasteiger partial charge in [0, 0.05) is 25.5 Å². The predicted octanol–water partition coefficient (Wildman–Crippen LogP) is 2.67. The van der Waals surface area contributed by atoms with Crippen molar-refractivity contribution in [2.75, 3.05) is 26.8 Å². The molecule has 2 rings (SSSR count). The average molecular weight is 289 g/mol. The maximum Gasteiger partial charge on any atom is 0.149 e. The van der Waals surface area contributed by atoms with Gasteiger partial charge < -0.3 is 4.74 Å². The van der Waals surface area contributed by atoms with Gasteiger partial charge in [0.05, 0.1) is 12.6 Å². The number of hydrogen-bond acceptors (Lipinski definition) is 4. The third-order valence-electron chi connectivity index (χ3n) is 3.25. The molecule has 5 heteroatoms. The van der Waals surface area contributed by atoms with E-state index in [2.05, 4.69) is 14.9 Å². The van der Waals surface area contributed by atoms with Crippen LogP contribution in [0.4, 0.5) is 4.39 Å². The van der Waals surface area contributed by atoms with E-state index in [4.69, 9.17) is 4.74 Å². The Morgan fingerprint density at radius 1 is 1.19 bits per heavy atom. The highest BCUT2D eigenvalue weighted by molar-refractivity contribution is 5.25. The van der Waals surface area contributed by atoms with E-state index in [-0.39, 0.29) is 11.9 Å². The fourth-order valence-corrected chi connectivity index (χ4v) is 2.18. The monoisotopic (exact) mass is 289 g/mol. The van der Waals surface area contributed by atoms with Crippen LogP contribution in [0.1, 0.15) is 24.4 Å². The van der Waals surface area contributed by atoms with Crippen molar-refractivity contribution in [1.82, 2.24) is 14.9 Å². The fraction of sp³-hybridized carbons (Fsp3) is 0.375. The molecule has 112 valence electrons. The zero-order chi connectivity index (χ0) is 15.1. The van der Waals surface area contributed by atoms with Gasteiger partial charge in [-0.05, 0) is 37.7 Å². The summed E-state index contributed by atoms with van der Waals surface area (Å²) in [4.78, 5) is 10.8. The summed E-state index contributed by atoms with van der Waals surface area (Å²) in [6, 6.07) is 8.13. The minimum Gasteiger partial charge on any atom is -0.380 e. The van der Waals surface area contributed by atoms with E-state index in [1.807, 2.05) is 14.0 Å². The number of likely N-dealkylation sites (N-methyl/N-ethyl adjacent to an activating group) is 1. The second kappa shape index (κ2) is 7.81. The molecule has 21 heavy (non-hydrogen) atoms. The quantitative estimate of drug-likeness (QED) is 0.735. The van der Waals surface area contributed by atoms with Crippen LogP contribution in [0.5, 0.6) is 0 Å². The number of aromatic nitrogens is 2. The highest BCUT2D eigenvalue weighted by Gasteiger charge is 2.21. The maximum absolute atomic E-state index is 13.1. The van der Waals surface area contributed by atoms with Gasteiger partial charge in [-0.3, -0.25) is 4.90 Å². The number of hydrogen-bond donors (Lipinski definition) is 0. The zero-order valence-corrected chi connectivity index (χ0v) is 12.4. The Balaban J connectivity index is 2.24. The molecule has 1 aromatic heterocycles. The first-order valence-corrected chi connectivity index (χ1v) is 7.02. The van der Waals surface area contributed by atoms with Gasteiger partial charge >= 0.3 is 0 Å². The van der Waals surface area contributed by atoms with Crippen LogP contribution in [-0.4, -0.2) is 41.7 Å². The summed E-state index contributed by atoms with van der Waals surface area (Å²) in [6.07, 6.45) is 3.43. The number of ether oxygens (including phenoxy) is 1. The average Bonchev–Trinajstić information content (AvgIpc) is 2.51. The standard InChI is InChI=1S/C16H20FN3O/c1-3-21-12-11-20(2)15(16-18-9-4-10-19-16)13-5-7-14(17)8-6-13/h4-10,15H,3,11-12H2,1-2H3/t15-/m0/s1. The molecule has 0 unspecified atom stereocenters. The van der Waals surface area contributed by atoms with Crippen molar-refractivity contribution in [1.29, 1.82) is 0 Å². The van der Waals surface area contributed by atoms with E-state index < -0.39 is 0 Å². The van der Waals surface area contributed by atoms with E-state index in [0.29, 0.717) is 19.0 Å². The predicted molar refractivity (Wildman–Crippen MR) is 79.4 cm³/mol. The fourth-order valence-electron chi connectivity index (χ4n) is 2.18. The van der Waals surface area contributed by atoms with Crippen LogP contribution in [0, 0.1) is 5.82 Å². The Bertz CT molecular complexity index is 533. The molecule has 1 atom stereocenters. The molecule has 0 aliphatic carbocycles. The molecule has 0 aliphatic heterocycles. The zero-order valence-electron chi connectivity index (χ0n) is 12.4. The summed E-state index contributed by atoms with van der Waals surface area (Å²) in [5.41, 5.74) is 0.960. The van der Waals surface area contributed by atoms with Crippen LogP contribution in [0.15, 0.2) is 42.7 Å². The minimum absolute atomic E-state index is 0.118. The molecule has 0 spiro atoms. The molecule has 1 aromatic carbocycles. The van der Waals surface area contributed by atoms with Crippen molar-refractivity contribution >= 4 is 0 Å². The van der Waals surface area contributed by atoms with Crippen molar-refractivity contribution in [3.63, 3.8) is 0 Å². The first kappa shape index (κ1) is 15.5. The summed E-state index contributed by atoms with van der Waals surface area (Å²) in [5.74, 6) is 0.451. The smallest absolute Gasteiger partial charge is 0.149 e. The van der Waals surface area contributed by atoms with Crippen molar-refractivity contribution in [3.05, 3.63) is 59.9 Å². The first-order valence-electron chi connectivity index (χ1n) is 7.02. The minimum atomic E-state index is -0.247. The van der Waals surface area contributed by atoms with Gasteiger partial charge in [0.15, 0.2) is 0 Å². The molecule has 0 saturated carbocycles. The van der Waals surface area contributed by atoms with E-state index in [0.717, 1.165) is 12.1 Å². The summed E-state index contributed by atoms with van der Waals surface area (Å²) < 4.78 is 18.5. The third kappa shape index (κ3) is 4.31. The van der Waals surface area contributed by atoms with E-state index in [1.54, 1.807) is 30.6 Å². The maximum atomic E-state index is 13.1. The second-order valence-electron chi connectivity index (χ2n) is 4.74. The van der Waals surface area contributed by atoms with Gasteiger partial charge in [0.1, 0.15) is 11.6 Å². The Labute approximate surface area is 124 Å². The lowest BCUT2D eigenvalue weighted by Gasteiger charge is -2.27. The molecular formula is C16H20FN3O. The SMILES string of the molecule is CCOCCN(C)[C@@H](c1ccc(F)cc1)c1ncccn1. The van der Waals surface area contributed by atoms with Crippen molar-refractivity contribution in [2.45, 2.75) is 13.0 Å². The van der Waals surface area contributed by atoms with Crippen LogP contribution in [0.25, 0.3) is 0 Å². The van der Waals surface area contributed by atoms with Crippen LogP contribution in [0.3, 0.4) is 0 Å². The molecule has 0 amide bonds. The van der Waals surface area contributed by atoms with E-state index >= 15 is 0 Å². The molecule has 4 nitrogen and oxygen atoms in total. The number of nitrogens with zero attached hydrogens (tertiary/aromatic N) is 3.